The van der Waals surface area contributed by atoms with Crippen LogP contribution in [0.25, 0.3) is 0 Å². The van der Waals surface area contributed by atoms with Gasteiger partial charge in [0, 0.05) is 19.2 Å². The number of nitrogens with zero attached hydrogens (tertiary/aromatic N) is 2. The summed E-state index contributed by atoms with van der Waals surface area (Å²) in [5.74, 6) is 0.852. The molecule has 0 aliphatic carbocycles. The minimum atomic E-state index is 0.0962. The zero-order chi connectivity index (χ0) is 12.1. The van der Waals surface area contributed by atoms with Gasteiger partial charge in [-0.1, -0.05) is 5.16 Å². The average molecular weight is 240 g/mol. The van der Waals surface area contributed by atoms with Crippen LogP contribution in [0.4, 0.5) is 0 Å². The van der Waals surface area contributed by atoms with Gasteiger partial charge in [-0.05, 0) is 26.3 Å². The first-order chi connectivity index (χ1) is 8.28. The van der Waals surface area contributed by atoms with Crippen molar-refractivity contribution in [3.8, 4) is 0 Å². The van der Waals surface area contributed by atoms with Crippen LogP contribution in [0, 0.1) is 6.92 Å². The number of rotatable bonds is 5. The molecular weight excluding hydrogens is 220 g/mol. The van der Waals surface area contributed by atoms with Gasteiger partial charge in [0.15, 0.2) is 0 Å². The summed E-state index contributed by atoms with van der Waals surface area (Å²) in [4.78, 5) is 2.32. The molecule has 0 saturated carbocycles. The summed E-state index contributed by atoms with van der Waals surface area (Å²) >= 11 is 0. The quantitative estimate of drug-likeness (QED) is 0.830. The number of aromatic nitrogens is 1. The minimum Gasteiger partial charge on any atom is -0.394 e. The van der Waals surface area contributed by atoms with Crippen molar-refractivity contribution < 1.29 is 14.4 Å². The molecule has 5 nitrogen and oxygen atoms in total. The predicted molar refractivity (Wildman–Crippen MR) is 62.6 cm³/mol. The molecule has 1 fully saturated rings. The van der Waals surface area contributed by atoms with E-state index < -0.39 is 0 Å². The van der Waals surface area contributed by atoms with Crippen molar-refractivity contribution in [2.24, 2.45) is 0 Å². The molecule has 0 aromatic carbocycles. The van der Waals surface area contributed by atoms with E-state index in [9.17, 15) is 0 Å². The van der Waals surface area contributed by atoms with Crippen LogP contribution in [-0.4, -0.2) is 47.6 Å². The first-order valence-corrected chi connectivity index (χ1v) is 6.15. The zero-order valence-electron chi connectivity index (χ0n) is 10.3. The van der Waals surface area contributed by atoms with E-state index in [1.54, 1.807) is 0 Å². The first kappa shape index (κ1) is 12.5. The van der Waals surface area contributed by atoms with E-state index in [4.69, 9.17) is 14.4 Å². The van der Waals surface area contributed by atoms with Crippen molar-refractivity contribution in [2.75, 3.05) is 26.3 Å². The van der Waals surface area contributed by atoms with E-state index in [1.165, 1.54) is 0 Å². The van der Waals surface area contributed by atoms with Crippen LogP contribution >= 0.6 is 0 Å². The SMILES string of the molecule is Cc1cc(CN2CCCC(OCCO)C2)no1. The fourth-order valence-electron chi connectivity index (χ4n) is 2.23. The molecule has 1 aliphatic rings. The van der Waals surface area contributed by atoms with Gasteiger partial charge in [0.05, 0.1) is 25.0 Å². The molecule has 17 heavy (non-hydrogen) atoms. The van der Waals surface area contributed by atoms with E-state index >= 15 is 0 Å². The Hall–Kier alpha value is -0.910. The lowest BCUT2D eigenvalue weighted by Crippen LogP contribution is -2.39. The third-order valence-electron chi connectivity index (χ3n) is 2.97. The lowest BCUT2D eigenvalue weighted by Gasteiger charge is -2.31. The van der Waals surface area contributed by atoms with Gasteiger partial charge in [0.2, 0.25) is 0 Å². The smallest absolute Gasteiger partial charge is 0.133 e. The molecule has 0 radical (unpaired) electrons. The Bertz CT molecular complexity index is 340. The van der Waals surface area contributed by atoms with Gasteiger partial charge in [-0.15, -0.1) is 0 Å². The van der Waals surface area contributed by atoms with E-state index in [-0.39, 0.29) is 12.7 Å². The summed E-state index contributed by atoms with van der Waals surface area (Å²) < 4.78 is 10.6. The standard InChI is InChI=1S/C12H20N2O3/c1-10-7-11(13-17-10)8-14-4-2-3-12(9-14)16-6-5-15/h7,12,15H,2-6,8-9H2,1H3. The molecule has 0 spiro atoms. The third-order valence-corrected chi connectivity index (χ3v) is 2.97. The maximum atomic E-state index is 8.74. The minimum absolute atomic E-state index is 0.0962. The average Bonchev–Trinajstić information content (AvgIpc) is 2.73. The molecular formula is C12H20N2O3. The first-order valence-electron chi connectivity index (χ1n) is 6.15. The number of aryl methyl sites for hydroxylation is 1. The Morgan fingerprint density at radius 1 is 1.65 bits per heavy atom. The molecule has 0 amide bonds. The van der Waals surface area contributed by atoms with Gasteiger partial charge in [0.1, 0.15) is 5.76 Å². The molecule has 0 bridgehead atoms. The summed E-state index contributed by atoms with van der Waals surface area (Å²) in [7, 11) is 0. The molecule has 2 rings (SSSR count). The molecule has 1 aromatic heterocycles. The summed E-state index contributed by atoms with van der Waals surface area (Å²) in [6, 6.07) is 1.97. The summed E-state index contributed by atoms with van der Waals surface area (Å²) in [6.07, 6.45) is 2.45. The summed E-state index contributed by atoms with van der Waals surface area (Å²) in [6.45, 7) is 5.23. The summed E-state index contributed by atoms with van der Waals surface area (Å²) in [5, 5.41) is 12.7. The fourth-order valence-corrected chi connectivity index (χ4v) is 2.23. The lowest BCUT2D eigenvalue weighted by atomic mass is 10.1. The number of hydrogen-bond donors (Lipinski definition) is 1. The van der Waals surface area contributed by atoms with Crippen LogP contribution in [-0.2, 0) is 11.3 Å². The van der Waals surface area contributed by atoms with Gasteiger partial charge in [-0.3, -0.25) is 4.90 Å². The zero-order valence-corrected chi connectivity index (χ0v) is 10.3. The number of likely N-dealkylation sites (tertiary alicyclic amines) is 1. The van der Waals surface area contributed by atoms with Gasteiger partial charge in [0.25, 0.3) is 0 Å². The maximum Gasteiger partial charge on any atom is 0.133 e. The Morgan fingerprint density at radius 3 is 3.24 bits per heavy atom. The van der Waals surface area contributed by atoms with Gasteiger partial charge < -0.3 is 14.4 Å². The van der Waals surface area contributed by atoms with Crippen LogP contribution < -0.4 is 0 Å². The Morgan fingerprint density at radius 2 is 2.53 bits per heavy atom. The Labute approximate surface area is 101 Å². The second-order valence-electron chi connectivity index (χ2n) is 4.52. The largest absolute Gasteiger partial charge is 0.394 e. The highest BCUT2D eigenvalue weighted by Gasteiger charge is 2.21. The number of ether oxygens (including phenoxy) is 1. The van der Waals surface area contributed by atoms with Crippen LogP contribution in [0.15, 0.2) is 10.6 Å². The van der Waals surface area contributed by atoms with Gasteiger partial charge in [-0.2, -0.15) is 0 Å². The topological polar surface area (TPSA) is 58.7 Å². The normalized spacial score (nSPS) is 21.9. The Balaban J connectivity index is 1.80. The molecule has 2 heterocycles. The second-order valence-corrected chi connectivity index (χ2v) is 4.52. The predicted octanol–water partition coefficient (Wildman–Crippen LogP) is 0.956. The highest BCUT2D eigenvalue weighted by molar-refractivity contribution is 5.03. The van der Waals surface area contributed by atoms with Gasteiger partial charge in [-0.25, -0.2) is 0 Å². The van der Waals surface area contributed by atoms with Crippen molar-refractivity contribution in [3.05, 3.63) is 17.5 Å². The maximum absolute atomic E-state index is 8.74. The van der Waals surface area contributed by atoms with E-state index in [0.29, 0.717) is 6.61 Å². The van der Waals surface area contributed by atoms with Crippen LogP contribution in [0.5, 0.6) is 0 Å². The molecule has 1 saturated heterocycles. The molecule has 1 aliphatic heterocycles. The highest BCUT2D eigenvalue weighted by atomic mass is 16.5. The lowest BCUT2D eigenvalue weighted by molar-refractivity contribution is -0.0166. The molecule has 5 heteroatoms. The van der Waals surface area contributed by atoms with E-state index in [0.717, 1.165) is 43.9 Å². The molecule has 96 valence electrons. The monoisotopic (exact) mass is 240 g/mol. The number of aliphatic hydroxyl groups excluding tert-OH is 1. The number of piperidine rings is 1. The number of hydrogen-bond acceptors (Lipinski definition) is 5. The number of aliphatic hydroxyl groups is 1. The molecule has 1 aromatic rings. The van der Waals surface area contributed by atoms with E-state index in [2.05, 4.69) is 10.1 Å². The van der Waals surface area contributed by atoms with Crippen LogP contribution in [0.3, 0.4) is 0 Å². The molecule has 1 atom stereocenters. The van der Waals surface area contributed by atoms with Crippen LogP contribution in [0.1, 0.15) is 24.3 Å². The third kappa shape index (κ3) is 3.80. The highest BCUT2D eigenvalue weighted by Crippen LogP contribution is 2.15. The summed E-state index contributed by atoms with van der Waals surface area (Å²) in [5.41, 5.74) is 0.977. The molecule has 1 N–H and O–H groups in total. The van der Waals surface area contributed by atoms with Crippen molar-refractivity contribution in [1.29, 1.82) is 0 Å². The molecule has 1 unspecified atom stereocenters. The van der Waals surface area contributed by atoms with Crippen LogP contribution in [0.2, 0.25) is 0 Å². The van der Waals surface area contributed by atoms with Crippen molar-refractivity contribution in [3.63, 3.8) is 0 Å². The fraction of sp³-hybridized carbons (Fsp3) is 0.750. The Kier molecular flexibility index (Phi) is 4.53. The van der Waals surface area contributed by atoms with E-state index in [1.807, 2.05) is 13.0 Å². The second kappa shape index (κ2) is 6.14. The van der Waals surface area contributed by atoms with Crippen molar-refractivity contribution in [1.82, 2.24) is 10.1 Å². The van der Waals surface area contributed by atoms with Crippen molar-refractivity contribution >= 4 is 0 Å². The van der Waals surface area contributed by atoms with Gasteiger partial charge >= 0.3 is 0 Å². The van der Waals surface area contributed by atoms with Crippen molar-refractivity contribution in [2.45, 2.75) is 32.4 Å².